The number of aliphatic hydroxyl groups excluding tert-OH is 1. The molecule has 0 radical (unpaired) electrons. The van der Waals surface area contributed by atoms with Gasteiger partial charge in [-0.25, -0.2) is 4.98 Å². The number of ketones is 1. The molecule has 0 aliphatic carbocycles. The highest BCUT2D eigenvalue weighted by atomic mass is 35.5. The number of para-hydroxylation sites is 2. The van der Waals surface area contributed by atoms with Gasteiger partial charge in [0.2, 0.25) is 5.95 Å². The maximum absolute atomic E-state index is 13.3. The van der Waals surface area contributed by atoms with E-state index >= 15 is 0 Å². The zero-order valence-electron chi connectivity index (χ0n) is 17.6. The third-order valence-electron chi connectivity index (χ3n) is 5.52. The van der Waals surface area contributed by atoms with Gasteiger partial charge < -0.3 is 14.8 Å². The van der Waals surface area contributed by atoms with Crippen molar-refractivity contribution in [3.63, 3.8) is 0 Å². The minimum atomic E-state index is -1.02. The molecular weight excluding hydrogens is 479 g/mol. The molecule has 2 aromatic heterocycles. The third-order valence-corrected chi connectivity index (χ3v) is 6.02. The SMILES string of the molecule is COc1c(Cl)cc(Cl)cc1/C(O)=C1\C(=O)C(=O)N(c2nc3ccccc3[nH]2)C1c1cccnc1. The summed E-state index contributed by atoms with van der Waals surface area (Å²) in [6.45, 7) is 0. The molecular formula is C24H16Cl2N4O4. The summed E-state index contributed by atoms with van der Waals surface area (Å²) in [5, 5.41) is 11.7. The predicted octanol–water partition coefficient (Wildman–Crippen LogP) is 4.90. The number of anilines is 1. The van der Waals surface area contributed by atoms with Crippen molar-refractivity contribution in [2.45, 2.75) is 6.04 Å². The van der Waals surface area contributed by atoms with Crippen molar-refractivity contribution in [1.29, 1.82) is 0 Å². The van der Waals surface area contributed by atoms with Gasteiger partial charge >= 0.3 is 5.91 Å². The standard InChI is InChI=1S/C24H16Cl2N4O4/c1-34-22-14(9-13(25)10-15(22)26)20(31)18-19(12-5-4-8-27-11-12)30(23(33)21(18)32)24-28-16-6-2-3-7-17(16)29-24/h2-11,19,31H,1H3,(H,28,29)/b20-18+. The average Bonchev–Trinajstić information content (AvgIpc) is 3.37. The Labute approximate surface area is 203 Å². The molecule has 0 spiro atoms. The number of amides is 1. The van der Waals surface area contributed by atoms with Gasteiger partial charge in [0.15, 0.2) is 0 Å². The number of carbonyl (C=O) groups is 2. The topological polar surface area (TPSA) is 108 Å². The van der Waals surface area contributed by atoms with Crippen molar-refractivity contribution >= 4 is 57.6 Å². The van der Waals surface area contributed by atoms with E-state index in [0.717, 1.165) is 0 Å². The number of rotatable bonds is 4. The molecule has 1 amide bonds. The summed E-state index contributed by atoms with van der Waals surface area (Å²) in [7, 11) is 1.37. The van der Waals surface area contributed by atoms with Crippen molar-refractivity contribution in [3.8, 4) is 5.75 Å². The number of aromatic amines is 1. The molecule has 1 unspecified atom stereocenters. The highest BCUT2D eigenvalue weighted by molar-refractivity contribution is 6.51. The number of hydrogen-bond acceptors (Lipinski definition) is 6. The third kappa shape index (κ3) is 3.48. The molecule has 8 nitrogen and oxygen atoms in total. The summed E-state index contributed by atoms with van der Waals surface area (Å²) < 4.78 is 5.34. The quantitative estimate of drug-likeness (QED) is 0.237. The van der Waals surface area contributed by atoms with Crippen LogP contribution in [0.3, 0.4) is 0 Å². The minimum Gasteiger partial charge on any atom is -0.507 e. The van der Waals surface area contributed by atoms with Gasteiger partial charge in [0.25, 0.3) is 5.78 Å². The second kappa shape index (κ2) is 8.48. The second-order valence-electron chi connectivity index (χ2n) is 7.50. The minimum absolute atomic E-state index is 0.0801. The fraction of sp³-hybridized carbons (Fsp3) is 0.0833. The van der Waals surface area contributed by atoms with Gasteiger partial charge in [0, 0.05) is 17.4 Å². The van der Waals surface area contributed by atoms with E-state index in [1.165, 1.54) is 30.3 Å². The number of nitrogens with zero attached hydrogens (tertiary/aromatic N) is 3. The highest BCUT2D eigenvalue weighted by Crippen LogP contribution is 2.44. The molecule has 5 rings (SSSR count). The molecule has 4 aromatic rings. The lowest BCUT2D eigenvalue weighted by atomic mass is 9.96. The van der Waals surface area contributed by atoms with Crippen LogP contribution in [0.5, 0.6) is 5.75 Å². The number of halogens is 2. The van der Waals surface area contributed by atoms with Crippen molar-refractivity contribution in [2.75, 3.05) is 12.0 Å². The first kappa shape index (κ1) is 21.9. The predicted molar refractivity (Wildman–Crippen MR) is 128 cm³/mol. The summed E-state index contributed by atoms with van der Waals surface area (Å²) in [5.74, 6) is -1.96. The van der Waals surface area contributed by atoms with E-state index in [0.29, 0.717) is 16.6 Å². The van der Waals surface area contributed by atoms with Crippen LogP contribution < -0.4 is 9.64 Å². The monoisotopic (exact) mass is 494 g/mol. The van der Waals surface area contributed by atoms with Crippen LogP contribution in [0.2, 0.25) is 10.0 Å². The first-order chi connectivity index (χ1) is 16.4. The number of fused-ring (bicyclic) bond motifs is 1. The molecule has 1 atom stereocenters. The van der Waals surface area contributed by atoms with Gasteiger partial charge in [-0.2, -0.15) is 0 Å². The van der Waals surface area contributed by atoms with Gasteiger partial charge in [0.05, 0.1) is 40.3 Å². The number of imidazole rings is 1. The summed E-state index contributed by atoms with van der Waals surface area (Å²) in [6.07, 6.45) is 3.08. The largest absolute Gasteiger partial charge is 0.507 e. The molecule has 34 heavy (non-hydrogen) atoms. The summed E-state index contributed by atoms with van der Waals surface area (Å²) in [4.78, 5) is 39.5. The number of hydrogen-bond donors (Lipinski definition) is 2. The zero-order valence-corrected chi connectivity index (χ0v) is 19.1. The number of benzene rings is 2. The Bertz CT molecular complexity index is 1450. The van der Waals surface area contributed by atoms with E-state index in [1.54, 1.807) is 30.5 Å². The Hall–Kier alpha value is -3.88. The number of carbonyl (C=O) groups excluding carboxylic acids is 2. The van der Waals surface area contributed by atoms with Gasteiger partial charge in [-0.1, -0.05) is 41.4 Å². The van der Waals surface area contributed by atoms with E-state index in [2.05, 4.69) is 15.0 Å². The molecule has 0 bridgehead atoms. The van der Waals surface area contributed by atoms with Crippen LogP contribution in [0.4, 0.5) is 5.95 Å². The number of H-pyrrole nitrogens is 1. The fourth-order valence-corrected chi connectivity index (χ4v) is 4.62. The molecule has 170 valence electrons. The number of pyridine rings is 1. The lowest BCUT2D eigenvalue weighted by Gasteiger charge is -2.23. The van der Waals surface area contributed by atoms with Crippen LogP contribution in [0.1, 0.15) is 17.2 Å². The number of methoxy groups -OCH3 is 1. The number of Topliss-reactive ketones (excluding diaryl/α,β-unsaturated/α-hetero) is 1. The van der Waals surface area contributed by atoms with E-state index in [-0.39, 0.29) is 32.9 Å². The maximum Gasteiger partial charge on any atom is 0.302 e. The summed E-state index contributed by atoms with van der Waals surface area (Å²) in [6, 6.07) is 12.4. The lowest BCUT2D eigenvalue weighted by Crippen LogP contribution is -2.30. The molecule has 1 aliphatic rings. The Kier molecular flexibility index (Phi) is 5.47. The van der Waals surface area contributed by atoms with Crippen molar-refractivity contribution in [3.05, 3.63) is 87.7 Å². The van der Waals surface area contributed by atoms with Crippen LogP contribution in [0.25, 0.3) is 16.8 Å². The first-order valence-electron chi connectivity index (χ1n) is 10.1. The Balaban J connectivity index is 1.77. The summed E-state index contributed by atoms with van der Waals surface area (Å²) in [5.41, 5.74) is 1.71. The second-order valence-corrected chi connectivity index (χ2v) is 8.35. The van der Waals surface area contributed by atoms with Crippen LogP contribution in [-0.2, 0) is 9.59 Å². The molecule has 10 heteroatoms. The number of aliphatic hydroxyl groups is 1. The van der Waals surface area contributed by atoms with Gasteiger partial charge in [-0.15, -0.1) is 0 Å². The Morgan fingerprint density at radius 2 is 1.94 bits per heavy atom. The number of ether oxygens (including phenoxy) is 1. The molecule has 2 N–H and O–H groups in total. The van der Waals surface area contributed by atoms with Crippen molar-refractivity contribution in [2.24, 2.45) is 0 Å². The van der Waals surface area contributed by atoms with E-state index in [9.17, 15) is 14.7 Å². The smallest absolute Gasteiger partial charge is 0.302 e. The average molecular weight is 495 g/mol. The molecule has 1 saturated heterocycles. The fourth-order valence-electron chi connectivity index (χ4n) is 4.05. The van der Waals surface area contributed by atoms with Crippen molar-refractivity contribution in [1.82, 2.24) is 15.0 Å². The maximum atomic E-state index is 13.3. The van der Waals surface area contributed by atoms with Crippen LogP contribution in [-0.4, -0.2) is 38.9 Å². The lowest BCUT2D eigenvalue weighted by molar-refractivity contribution is -0.132. The van der Waals surface area contributed by atoms with Crippen LogP contribution >= 0.6 is 23.2 Å². The molecule has 1 aliphatic heterocycles. The molecule has 0 saturated carbocycles. The number of aromatic nitrogens is 3. The summed E-state index contributed by atoms with van der Waals surface area (Å²) >= 11 is 12.4. The van der Waals surface area contributed by atoms with Gasteiger partial charge in [-0.05, 0) is 35.9 Å². The van der Waals surface area contributed by atoms with Crippen molar-refractivity contribution < 1.29 is 19.4 Å². The highest BCUT2D eigenvalue weighted by Gasteiger charge is 2.48. The van der Waals surface area contributed by atoms with E-state index < -0.39 is 23.5 Å². The van der Waals surface area contributed by atoms with E-state index in [4.69, 9.17) is 27.9 Å². The normalized spacial score (nSPS) is 17.5. The van der Waals surface area contributed by atoms with Gasteiger partial charge in [-0.3, -0.25) is 19.5 Å². The molecule has 2 aromatic carbocycles. The zero-order chi connectivity index (χ0) is 24.0. The van der Waals surface area contributed by atoms with Crippen LogP contribution in [0, 0.1) is 0 Å². The molecule has 3 heterocycles. The van der Waals surface area contributed by atoms with E-state index in [1.807, 2.05) is 12.1 Å². The first-order valence-corrected chi connectivity index (χ1v) is 10.9. The number of nitrogens with one attached hydrogen (secondary N) is 1. The molecule has 1 fully saturated rings. The van der Waals surface area contributed by atoms with Crippen LogP contribution in [0.15, 0.2) is 66.5 Å². The van der Waals surface area contributed by atoms with Gasteiger partial charge in [0.1, 0.15) is 11.5 Å². The Morgan fingerprint density at radius 3 is 2.65 bits per heavy atom. The Morgan fingerprint density at radius 1 is 1.15 bits per heavy atom.